The van der Waals surface area contributed by atoms with Crippen LogP contribution in [0.15, 0.2) is 24.3 Å². The zero-order valence-electron chi connectivity index (χ0n) is 14.5. The molecule has 0 unspecified atom stereocenters. The van der Waals surface area contributed by atoms with E-state index in [4.69, 9.17) is 0 Å². The first-order valence-electron chi connectivity index (χ1n) is 8.44. The second kappa shape index (κ2) is 10.3. The number of rotatable bonds is 6. The molecule has 0 aliphatic carbocycles. The Labute approximate surface area is 150 Å². The maximum absolute atomic E-state index is 12.4. The van der Waals surface area contributed by atoms with Crippen molar-refractivity contribution in [2.75, 3.05) is 32.0 Å². The van der Waals surface area contributed by atoms with E-state index in [0.717, 1.165) is 44.6 Å². The van der Waals surface area contributed by atoms with Gasteiger partial charge in [0.1, 0.15) is 0 Å². The van der Waals surface area contributed by atoms with Crippen LogP contribution in [0.4, 0.5) is 5.69 Å². The van der Waals surface area contributed by atoms with Crippen molar-refractivity contribution in [2.45, 2.75) is 32.6 Å². The molecular weight excluding hydrogens is 326 g/mol. The lowest BCUT2D eigenvalue weighted by Crippen LogP contribution is -2.37. The molecule has 6 heteroatoms. The van der Waals surface area contributed by atoms with Gasteiger partial charge in [0, 0.05) is 30.8 Å². The van der Waals surface area contributed by atoms with Crippen molar-refractivity contribution >= 4 is 29.9 Å². The molecule has 0 bridgehead atoms. The van der Waals surface area contributed by atoms with Crippen LogP contribution in [-0.2, 0) is 4.79 Å². The summed E-state index contributed by atoms with van der Waals surface area (Å²) >= 11 is 0. The number of hydrogen-bond donors (Lipinski definition) is 2. The first kappa shape index (κ1) is 20.5. The highest BCUT2D eigenvalue weighted by atomic mass is 35.5. The van der Waals surface area contributed by atoms with Crippen molar-refractivity contribution in [3.63, 3.8) is 0 Å². The number of piperidine rings is 1. The quantitative estimate of drug-likeness (QED) is 0.773. The largest absolute Gasteiger partial charge is 0.339 e. The van der Waals surface area contributed by atoms with Gasteiger partial charge in [-0.3, -0.25) is 9.59 Å². The molecule has 1 aromatic rings. The van der Waals surface area contributed by atoms with Crippen molar-refractivity contribution in [3.05, 3.63) is 29.8 Å². The van der Waals surface area contributed by atoms with E-state index >= 15 is 0 Å². The third-order valence-electron chi connectivity index (χ3n) is 4.32. The molecule has 0 radical (unpaired) electrons. The molecule has 1 saturated heterocycles. The van der Waals surface area contributed by atoms with Crippen LogP contribution >= 0.6 is 12.4 Å². The number of anilines is 1. The SMILES string of the molecule is CNCCCC(=O)Nc1ccc(C(=O)N2CCC(C)CC2)cc1.Cl. The van der Waals surface area contributed by atoms with E-state index in [9.17, 15) is 9.59 Å². The lowest BCUT2D eigenvalue weighted by atomic mass is 9.98. The first-order chi connectivity index (χ1) is 11.1. The summed E-state index contributed by atoms with van der Waals surface area (Å²) in [5.74, 6) is 0.799. The Morgan fingerprint density at radius 1 is 1.17 bits per heavy atom. The van der Waals surface area contributed by atoms with E-state index in [1.54, 1.807) is 24.3 Å². The van der Waals surface area contributed by atoms with Gasteiger partial charge in [-0.05, 0) is 63.0 Å². The molecule has 0 atom stereocenters. The van der Waals surface area contributed by atoms with E-state index in [0.29, 0.717) is 17.9 Å². The molecule has 2 amide bonds. The van der Waals surface area contributed by atoms with Crippen LogP contribution in [0.5, 0.6) is 0 Å². The Morgan fingerprint density at radius 2 is 1.79 bits per heavy atom. The highest BCUT2D eigenvalue weighted by molar-refractivity contribution is 5.95. The molecule has 5 nitrogen and oxygen atoms in total. The summed E-state index contributed by atoms with van der Waals surface area (Å²) in [6.07, 6.45) is 3.46. The number of carbonyl (C=O) groups is 2. The van der Waals surface area contributed by atoms with Crippen LogP contribution in [0.1, 0.15) is 43.0 Å². The molecule has 1 heterocycles. The number of halogens is 1. The molecule has 134 valence electrons. The fourth-order valence-corrected chi connectivity index (χ4v) is 2.74. The normalized spacial score (nSPS) is 14.8. The van der Waals surface area contributed by atoms with Crippen molar-refractivity contribution in [1.29, 1.82) is 0 Å². The zero-order chi connectivity index (χ0) is 16.7. The van der Waals surface area contributed by atoms with Crippen LogP contribution in [-0.4, -0.2) is 43.4 Å². The highest BCUT2D eigenvalue weighted by Crippen LogP contribution is 2.19. The number of likely N-dealkylation sites (tertiary alicyclic amines) is 1. The minimum Gasteiger partial charge on any atom is -0.339 e. The van der Waals surface area contributed by atoms with Gasteiger partial charge in [-0.15, -0.1) is 12.4 Å². The molecule has 0 saturated carbocycles. The summed E-state index contributed by atoms with van der Waals surface area (Å²) in [6, 6.07) is 7.19. The van der Waals surface area contributed by atoms with Gasteiger partial charge >= 0.3 is 0 Å². The van der Waals surface area contributed by atoms with E-state index in [1.807, 2.05) is 11.9 Å². The van der Waals surface area contributed by atoms with Crippen molar-refractivity contribution in [3.8, 4) is 0 Å². The van der Waals surface area contributed by atoms with Crippen molar-refractivity contribution in [2.24, 2.45) is 5.92 Å². The van der Waals surface area contributed by atoms with Crippen LogP contribution in [0, 0.1) is 5.92 Å². The Balaban J connectivity index is 0.00000288. The summed E-state index contributed by atoms with van der Waals surface area (Å²) < 4.78 is 0. The predicted molar refractivity (Wildman–Crippen MR) is 99.8 cm³/mol. The van der Waals surface area contributed by atoms with Gasteiger partial charge in [0.2, 0.25) is 5.91 Å². The van der Waals surface area contributed by atoms with Crippen LogP contribution in [0.3, 0.4) is 0 Å². The monoisotopic (exact) mass is 353 g/mol. The summed E-state index contributed by atoms with van der Waals surface area (Å²) in [5.41, 5.74) is 1.43. The second-order valence-corrected chi connectivity index (χ2v) is 6.31. The summed E-state index contributed by atoms with van der Waals surface area (Å²) in [7, 11) is 1.87. The highest BCUT2D eigenvalue weighted by Gasteiger charge is 2.21. The van der Waals surface area contributed by atoms with Crippen molar-refractivity contribution < 1.29 is 9.59 Å². The van der Waals surface area contributed by atoms with E-state index < -0.39 is 0 Å². The molecule has 2 N–H and O–H groups in total. The van der Waals surface area contributed by atoms with E-state index in [1.165, 1.54) is 0 Å². The Hall–Kier alpha value is -1.59. The fourth-order valence-electron chi connectivity index (χ4n) is 2.74. The molecule has 2 rings (SSSR count). The van der Waals surface area contributed by atoms with E-state index in [-0.39, 0.29) is 24.2 Å². The third kappa shape index (κ3) is 6.13. The van der Waals surface area contributed by atoms with Gasteiger partial charge in [0.25, 0.3) is 5.91 Å². The summed E-state index contributed by atoms with van der Waals surface area (Å²) in [6.45, 7) is 4.74. The Kier molecular flexibility index (Phi) is 8.79. The van der Waals surface area contributed by atoms with Gasteiger partial charge in [0.05, 0.1) is 0 Å². The standard InChI is InChI=1S/C18H27N3O2.ClH/c1-14-9-12-21(13-10-14)18(23)15-5-7-16(8-6-15)20-17(22)4-3-11-19-2;/h5-8,14,19H,3-4,9-13H2,1-2H3,(H,20,22);1H. The molecule has 1 aliphatic rings. The average Bonchev–Trinajstić information content (AvgIpc) is 2.56. The Morgan fingerprint density at radius 3 is 2.38 bits per heavy atom. The van der Waals surface area contributed by atoms with Crippen LogP contribution < -0.4 is 10.6 Å². The molecule has 0 spiro atoms. The maximum atomic E-state index is 12.4. The molecule has 1 fully saturated rings. The molecule has 24 heavy (non-hydrogen) atoms. The number of nitrogens with zero attached hydrogens (tertiary/aromatic N) is 1. The molecule has 1 aromatic carbocycles. The van der Waals surface area contributed by atoms with Gasteiger partial charge in [-0.2, -0.15) is 0 Å². The fraction of sp³-hybridized carbons (Fsp3) is 0.556. The van der Waals surface area contributed by atoms with Gasteiger partial charge < -0.3 is 15.5 Å². The topological polar surface area (TPSA) is 61.4 Å². The average molecular weight is 354 g/mol. The van der Waals surface area contributed by atoms with Gasteiger partial charge in [0.15, 0.2) is 0 Å². The number of hydrogen-bond acceptors (Lipinski definition) is 3. The third-order valence-corrected chi connectivity index (χ3v) is 4.32. The smallest absolute Gasteiger partial charge is 0.253 e. The second-order valence-electron chi connectivity index (χ2n) is 6.31. The lowest BCUT2D eigenvalue weighted by Gasteiger charge is -2.30. The van der Waals surface area contributed by atoms with Gasteiger partial charge in [-0.1, -0.05) is 6.92 Å². The minimum atomic E-state index is 0. The zero-order valence-corrected chi connectivity index (χ0v) is 15.3. The number of carbonyl (C=O) groups excluding carboxylic acids is 2. The molecular formula is C18H28ClN3O2. The summed E-state index contributed by atoms with van der Waals surface area (Å²) in [5, 5.41) is 5.88. The first-order valence-corrected chi connectivity index (χ1v) is 8.44. The minimum absolute atomic E-state index is 0. The number of nitrogens with one attached hydrogen (secondary N) is 2. The van der Waals surface area contributed by atoms with E-state index in [2.05, 4.69) is 17.6 Å². The molecule has 0 aromatic heterocycles. The summed E-state index contributed by atoms with van der Waals surface area (Å²) in [4.78, 5) is 26.1. The van der Waals surface area contributed by atoms with Crippen molar-refractivity contribution in [1.82, 2.24) is 10.2 Å². The predicted octanol–water partition coefficient (Wildman–Crippen LogP) is 2.92. The maximum Gasteiger partial charge on any atom is 0.253 e. The van der Waals surface area contributed by atoms with Gasteiger partial charge in [-0.25, -0.2) is 0 Å². The number of benzene rings is 1. The van der Waals surface area contributed by atoms with Crippen LogP contribution in [0.25, 0.3) is 0 Å². The Bertz CT molecular complexity index is 526. The molecule has 1 aliphatic heterocycles. The van der Waals surface area contributed by atoms with Crippen LogP contribution in [0.2, 0.25) is 0 Å². The lowest BCUT2D eigenvalue weighted by molar-refractivity contribution is -0.116. The number of amides is 2.